The van der Waals surface area contributed by atoms with Crippen LogP contribution in [0.1, 0.15) is 37.8 Å². The van der Waals surface area contributed by atoms with E-state index in [0.717, 1.165) is 57.2 Å². The molecule has 1 aromatic heterocycles. The molecule has 2 aromatic rings. The van der Waals surface area contributed by atoms with E-state index >= 15 is 0 Å². The monoisotopic (exact) mass is 440 g/mol. The number of benzene rings is 1. The maximum Gasteiger partial charge on any atom is 0.286 e. The van der Waals surface area contributed by atoms with Crippen LogP contribution in [0, 0.1) is 5.92 Å². The van der Waals surface area contributed by atoms with Gasteiger partial charge in [-0.2, -0.15) is 8.42 Å². The summed E-state index contributed by atoms with van der Waals surface area (Å²) >= 11 is 0. The summed E-state index contributed by atoms with van der Waals surface area (Å²) in [6, 6.07) is 8.94. The van der Waals surface area contributed by atoms with Gasteiger partial charge in [-0.1, -0.05) is 12.1 Å². The molecule has 0 bridgehead atoms. The number of sulfonamides is 1. The maximum absolute atomic E-state index is 12.6. The average Bonchev–Trinajstić information content (AvgIpc) is 2.80. The molecule has 0 radical (unpaired) electrons. The third kappa shape index (κ3) is 4.43. The van der Waals surface area contributed by atoms with Crippen LogP contribution in [0.15, 0.2) is 45.8 Å². The van der Waals surface area contributed by atoms with Crippen molar-refractivity contribution in [3.8, 4) is 0 Å². The van der Waals surface area contributed by atoms with Crippen molar-refractivity contribution in [2.24, 2.45) is 10.3 Å². The van der Waals surface area contributed by atoms with Crippen molar-refractivity contribution in [1.29, 1.82) is 0 Å². The second-order valence-corrected chi connectivity index (χ2v) is 10.1. The van der Waals surface area contributed by atoms with Crippen LogP contribution in [0.3, 0.4) is 0 Å². The summed E-state index contributed by atoms with van der Waals surface area (Å²) in [6.45, 7) is 4.51. The van der Waals surface area contributed by atoms with Gasteiger partial charge in [0.2, 0.25) is 5.95 Å². The van der Waals surface area contributed by atoms with Crippen LogP contribution in [0.25, 0.3) is 0 Å². The molecule has 0 saturated carbocycles. The number of nitrogens with zero attached hydrogens (tertiary/aromatic N) is 5. The summed E-state index contributed by atoms with van der Waals surface area (Å²) in [5.41, 5.74) is 1.62. The predicted molar refractivity (Wildman–Crippen MR) is 121 cm³/mol. The molecular weight excluding hydrogens is 412 g/mol. The zero-order valence-corrected chi connectivity index (χ0v) is 18.4. The van der Waals surface area contributed by atoms with Gasteiger partial charge in [-0.25, -0.2) is 9.97 Å². The van der Waals surface area contributed by atoms with Crippen LogP contribution in [0.4, 0.5) is 11.6 Å². The van der Waals surface area contributed by atoms with Gasteiger partial charge in [0.05, 0.1) is 11.4 Å². The number of likely N-dealkylation sites (tertiary alicyclic amines) is 1. The number of amidine groups is 1. The molecule has 4 heterocycles. The quantitative estimate of drug-likeness (QED) is 0.782. The number of piperidine rings is 2. The van der Waals surface area contributed by atoms with E-state index in [1.165, 1.54) is 19.3 Å². The Labute approximate surface area is 183 Å². The highest BCUT2D eigenvalue weighted by Crippen LogP contribution is 2.30. The SMILES string of the molecule is O=S1(=O)N=C([C@@H]2CCCN(Cc3ccnc(N4CCCCC4)n3)C2)Nc2ccccc21. The molecule has 3 aliphatic heterocycles. The second kappa shape index (κ2) is 8.55. The van der Waals surface area contributed by atoms with Crippen molar-refractivity contribution in [2.75, 3.05) is 36.4 Å². The molecule has 0 amide bonds. The molecular formula is C22H28N6O2S. The molecule has 9 heteroatoms. The highest BCUT2D eigenvalue weighted by Gasteiger charge is 2.31. The van der Waals surface area contributed by atoms with E-state index < -0.39 is 10.0 Å². The van der Waals surface area contributed by atoms with Gasteiger partial charge in [0, 0.05) is 38.3 Å². The van der Waals surface area contributed by atoms with Crippen LogP contribution in [0.5, 0.6) is 0 Å². The first-order valence-electron chi connectivity index (χ1n) is 11.1. The molecule has 0 spiro atoms. The summed E-state index contributed by atoms with van der Waals surface area (Å²) < 4.78 is 29.4. The number of anilines is 2. The Balaban J connectivity index is 1.29. The number of fused-ring (bicyclic) bond motifs is 1. The van der Waals surface area contributed by atoms with E-state index in [4.69, 9.17) is 4.98 Å². The van der Waals surface area contributed by atoms with E-state index in [2.05, 4.69) is 24.5 Å². The zero-order valence-electron chi connectivity index (χ0n) is 17.6. The molecule has 1 N–H and O–H groups in total. The Hall–Kier alpha value is -2.52. The predicted octanol–water partition coefficient (Wildman–Crippen LogP) is 2.89. The third-order valence-electron chi connectivity index (χ3n) is 6.26. The summed E-state index contributed by atoms with van der Waals surface area (Å²) in [5, 5.41) is 3.27. The Kier molecular flexibility index (Phi) is 5.62. The average molecular weight is 441 g/mol. The summed E-state index contributed by atoms with van der Waals surface area (Å²) in [5.74, 6) is 1.44. The molecule has 2 fully saturated rings. The topological polar surface area (TPSA) is 90.8 Å². The maximum atomic E-state index is 12.6. The van der Waals surface area contributed by atoms with Gasteiger partial charge in [0.1, 0.15) is 10.7 Å². The molecule has 8 nitrogen and oxygen atoms in total. The fourth-order valence-corrected chi connectivity index (χ4v) is 5.88. The van der Waals surface area contributed by atoms with Gasteiger partial charge in [0.25, 0.3) is 10.0 Å². The van der Waals surface area contributed by atoms with Crippen molar-refractivity contribution < 1.29 is 8.42 Å². The summed E-state index contributed by atoms with van der Waals surface area (Å²) in [7, 11) is -3.65. The van der Waals surface area contributed by atoms with Crippen LogP contribution >= 0.6 is 0 Å². The molecule has 0 unspecified atom stereocenters. The normalized spacial score (nSPS) is 23.5. The lowest BCUT2D eigenvalue weighted by molar-refractivity contribution is 0.194. The Morgan fingerprint density at radius 1 is 1.03 bits per heavy atom. The number of aromatic nitrogens is 2. The van der Waals surface area contributed by atoms with Gasteiger partial charge in [-0.05, 0) is 56.8 Å². The lowest BCUT2D eigenvalue weighted by atomic mass is 9.96. The number of hydrogen-bond donors (Lipinski definition) is 1. The van der Waals surface area contributed by atoms with Gasteiger partial charge in [0.15, 0.2) is 0 Å². The fraction of sp³-hybridized carbons (Fsp3) is 0.500. The highest BCUT2D eigenvalue weighted by molar-refractivity contribution is 7.90. The minimum Gasteiger partial charge on any atom is -0.342 e. The fourth-order valence-electron chi connectivity index (χ4n) is 4.68. The molecule has 1 atom stereocenters. The van der Waals surface area contributed by atoms with Gasteiger partial charge >= 0.3 is 0 Å². The third-order valence-corrected chi connectivity index (χ3v) is 7.61. The van der Waals surface area contributed by atoms with Crippen molar-refractivity contribution in [2.45, 2.75) is 43.5 Å². The minimum absolute atomic E-state index is 0.0558. The first kappa shape index (κ1) is 20.4. The molecule has 5 rings (SSSR count). The number of para-hydroxylation sites is 1. The summed E-state index contributed by atoms with van der Waals surface area (Å²) in [4.78, 5) is 14.2. The second-order valence-electron chi connectivity index (χ2n) is 8.54. The van der Waals surface area contributed by atoms with Gasteiger partial charge in [-0.15, -0.1) is 4.40 Å². The molecule has 31 heavy (non-hydrogen) atoms. The lowest BCUT2D eigenvalue weighted by Gasteiger charge is -2.34. The summed E-state index contributed by atoms with van der Waals surface area (Å²) in [6.07, 6.45) is 7.44. The van der Waals surface area contributed by atoms with Crippen molar-refractivity contribution in [1.82, 2.24) is 14.9 Å². The smallest absolute Gasteiger partial charge is 0.286 e. The molecule has 164 valence electrons. The van der Waals surface area contributed by atoms with E-state index in [1.54, 1.807) is 18.2 Å². The number of rotatable bonds is 4. The van der Waals surface area contributed by atoms with E-state index in [-0.39, 0.29) is 10.8 Å². The van der Waals surface area contributed by atoms with Gasteiger partial charge < -0.3 is 10.2 Å². The Morgan fingerprint density at radius 2 is 1.87 bits per heavy atom. The first-order valence-corrected chi connectivity index (χ1v) is 12.5. The number of nitrogens with one attached hydrogen (secondary N) is 1. The first-order chi connectivity index (χ1) is 15.1. The standard InChI is InChI=1S/C22H28N6O2S/c29-31(30)20-9-3-2-8-19(20)25-21(26-31)17-7-6-12-27(15-17)16-18-10-11-23-22(24-18)28-13-4-1-5-14-28/h2-3,8-11,17H,1,4-7,12-16H2,(H,25,26)/t17-/m1/s1. The van der Waals surface area contributed by atoms with Crippen LogP contribution in [-0.2, 0) is 16.6 Å². The largest absolute Gasteiger partial charge is 0.342 e. The molecule has 1 aromatic carbocycles. The van der Waals surface area contributed by atoms with Crippen LogP contribution in [0.2, 0.25) is 0 Å². The molecule has 3 aliphatic rings. The van der Waals surface area contributed by atoms with E-state index in [0.29, 0.717) is 11.5 Å². The highest BCUT2D eigenvalue weighted by atomic mass is 32.2. The molecule has 2 saturated heterocycles. The van der Waals surface area contributed by atoms with Crippen LogP contribution in [-0.4, -0.2) is 55.3 Å². The minimum atomic E-state index is -3.65. The Morgan fingerprint density at radius 3 is 2.74 bits per heavy atom. The van der Waals surface area contributed by atoms with E-state index in [9.17, 15) is 8.42 Å². The zero-order chi connectivity index (χ0) is 21.3. The van der Waals surface area contributed by atoms with Crippen LogP contribution < -0.4 is 10.2 Å². The van der Waals surface area contributed by atoms with E-state index in [1.807, 2.05) is 18.3 Å². The molecule has 0 aliphatic carbocycles. The number of hydrogen-bond acceptors (Lipinski definition) is 7. The van der Waals surface area contributed by atoms with Crippen molar-refractivity contribution in [3.63, 3.8) is 0 Å². The van der Waals surface area contributed by atoms with Gasteiger partial charge in [-0.3, -0.25) is 4.90 Å². The van der Waals surface area contributed by atoms with Crippen molar-refractivity contribution in [3.05, 3.63) is 42.2 Å². The lowest BCUT2D eigenvalue weighted by Crippen LogP contribution is -2.41. The van der Waals surface area contributed by atoms with Crippen molar-refractivity contribution >= 4 is 27.5 Å². The Bertz CT molecular complexity index is 1080.